The number of carbonyl (C=O) groups is 4. The maximum absolute atomic E-state index is 13.4. The summed E-state index contributed by atoms with van der Waals surface area (Å²) in [6.07, 6.45) is 5.59. The molecule has 0 aliphatic carbocycles. The summed E-state index contributed by atoms with van der Waals surface area (Å²) in [4.78, 5) is 58.3. The number of carboxylic acid groups (broad SMARTS) is 1. The van der Waals surface area contributed by atoms with Crippen LogP contribution < -0.4 is 24.8 Å². The van der Waals surface area contributed by atoms with E-state index in [9.17, 15) is 19.2 Å². The van der Waals surface area contributed by atoms with Crippen LogP contribution in [0.15, 0.2) is 132 Å². The van der Waals surface area contributed by atoms with E-state index in [1.807, 2.05) is 112 Å². The average Bonchev–Trinajstić information content (AvgIpc) is 3.98. The molecule has 0 bridgehead atoms. The van der Waals surface area contributed by atoms with Crippen molar-refractivity contribution in [3.05, 3.63) is 168 Å². The van der Waals surface area contributed by atoms with Gasteiger partial charge in [-0.1, -0.05) is 139 Å². The second kappa shape index (κ2) is 28.1. The number of hydrogen-bond donors (Lipinski definition) is 1. The molecule has 320 valence electrons. The van der Waals surface area contributed by atoms with Gasteiger partial charge in [0.25, 0.3) is 0 Å². The molecule has 1 N–H and O–H groups in total. The zero-order valence-electron chi connectivity index (χ0n) is 35.0. The molecule has 4 amide bonds. The molecule has 0 spiro atoms. The molecule has 4 aromatic carbocycles. The van der Waals surface area contributed by atoms with Gasteiger partial charge in [-0.15, -0.1) is 11.8 Å². The first-order valence-corrected chi connectivity index (χ1v) is 21.9. The van der Waals surface area contributed by atoms with Crippen LogP contribution >= 0.6 is 23.5 Å². The van der Waals surface area contributed by atoms with Crippen LogP contribution in [-0.2, 0) is 35.8 Å². The van der Waals surface area contributed by atoms with Crippen LogP contribution in [0.2, 0.25) is 0 Å². The average molecular weight is 937 g/mol. The Labute approximate surface area is 420 Å². The van der Waals surface area contributed by atoms with Crippen molar-refractivity contribution in [2.75, 3.05) is 11.5 Å². The van der Waals surface area contributed by atoms with E-state index in [0.29, 0.717) is 38.4 Å². The van der Waals surface area contributed by atoms with E-state index < -0.39 is 5.97 Å². The smallest absolute Gasteiger partial charge is 1.00 e. The fourth-order valence-electron chi connectivity index (χ4n) is 7.62. The molecule has 4 saturated heterocycles. The van der Waals surface area contributed by atoms with Gasteiger partial charge in [0.2, 0.25) is 5.12 Å². The molecule has 4 atom stereocenters. The summed E-state index contributed by atoms with van der Waals surface area (Å²) in [6, 6.07) is 39.9. The quantitative estimate of drug-likeness (QED) is 0.0954. The van der Waals surface area contributed by atoms with Crippen molar-refractivity contribution in [3.63, 3.8) is 0 Å². The van der Waals surface area contributed by atoms with Gasteiger partial charge in [0.1, 0.15) is 6.04 Å². The zero-order valence-corrected chi connectivity index (χ0v) is 41.0. The molecule has 4 aromatic rings. The standard InChI is InChI=1S/C24H26N2O3S.C19H18N2O2S.C4H8.2ClH.2Mg/c27-22(28)14-8-7-13-21-23-20(17-30-21)25(15-18-9-3-1-4-10-18)24(29)26(23)16-19-11-5-2-6-12-19;22-18-17-16(13-24-18)20(11-14-7-3-1-4-8-14)19(23)21(17)12-15-9-5-2-6-10-15;1-3-4-2;;;;/h1-6,9-13,20,23H,7-8,14-17H2,(H,27,28);1-10,16-17H,11-13H2;1-4H2;2*1H;;/q;;-2;;;2*+2/p-2/b21-13+;;;;;;. The molecule has 4 aliphatic rings. The van der Waals surface area contributed by atoms with Gasteiger partial charge in [0.15, 0.2) is 0 Å². The predicted molar refractivity (Wildman–Crippen MR) is 245 cm³/mol. The van der Waals surface area contributed by atoms with Crippen LogP contribution in [0.5, 0.6) is 0 Å². The van der Waals surface area contributed by atoms with E-state index in [1.54, 1.807) is 16.7 Å². The molecule has 4 unspecified atom stereocenters. The topological polar surface area (TPSA) is 101 Å². The second-order valence-electron chi connectivity index (χ2n) is 14.6. The number of hydrogen-bond acceptors (Lipinski definition) is 6. The molecular weight excluding hydrogens is 884 g/mol. The Morgan fingerprint density at radius 2 is 0.935 bits per heavy atom. The second-order valence-corrected chi connectivity index (χ2v) is 16.7. The van der Waals surface area contributed by atoms with Crippen LogP contribution in [-0.4, -0.2) is 130 Å². The summed E-state index contributed by atoms with van der Waals surface area (Å²) >= 11 is 3.15. The van der Waals surface area contributed by atoms with E-state index in [1.165, 1.54) is 16.7 Å². The first-order valence-electron chi connectivity index (χ1n) is 19.9. The van der Waals surface area contributed by atoms with E-state index in [2.05, 4.69) is 44.2 Å². The number of unbranched alkanes of at least 4 members (excludes halogenated alkanes) is 2. The van der Waals surface area contributed by atoms with Crippen LogP contribution in [0.25, 0.3) is 0 Å². The van der Waals surface area contributed by atoms with Gasteiger partial charge in [0, 0.05) is 49.0 Å². The number of urea groups is 2. The number of benzene rings is 4. The summed E-state index contributed by atoms with van der Waals surface area (Å²) in [6.45, 7) is 9.32. The monoisotopic (exact) mass is 934 g/mol. The van der Waals surface area contributed by atoms with Gasteiger partial charge < -0.3 is 63.4 Å². The molecular formula is C47H52Cl2Mg2N4O5S2. The van der Waals surface area contributed by atoms with Crippen LogP contribution in [0, 0.1) is 13.8 Å². The minimum atomic E-state index is -0.763. The number of fused-ring (bicyclic) bond motifs is 2. The number of nitrogens with zero attached hydrogens (tertiary/aromatic N) is 4. The van der Waals surface area contributed by atoms with E-state index in [-0.39, 0.29) is 119 Å². The third-order valence-corrected chi connectivity index (χ3v) is 12.8. The molecule has 0 saturated carbocycles. The van der Waals surface area contributed by atoms with Crippen molar-refractivity contribution in [1.82, 2.24) is 19.6 Å². The van der Waals surface area contributed by atoms with Crippen molar-refractivity contribution in [2.24, 2.45) is 0 Å². The Kier molecular flexibility index (Phi) is 25.1. The van der Waals surface area contributed by atoms with Crippen LogP contribution in [0.3, 0.4) is 0 Å². The number of aliphatic carboxylic acids is 1. The molecule has 15 heteroatoms. The van der Waals surface area contributed by atoms with Gasteiger partial charge in [0.05, 0.1) is 18.1 Å². The summed E-state index contributed by atoms with van der Waals surface area (Å²) in [5.74, 6) is 0.799. The molecule has 9 nitrogen and oxygen atoms in total. The largest absolute Gasteiger partial charge is 2.00 e. The first kappa shape index (κ1) is 55.2. The Hall–Kier alpha value is -2.89. The molecule has 0 aromatic heterocycles. The number of allylic oxidation sites excluding steroid dienone is 1. The van der Waals surface area contributed by atoms with Crippen molar-refractivity contribution in [2.45, 2.75) is 82.5 Å². The minimum absolute atomic E-state index is 0. The molecule has 0 radical (unpaired) electrons. The third-order valence-electron chi connectivity index (χ3n) is 10.5. The number of carboxylic acids is 1. The third kappa shape index (κ3) is 14.6. The Morgan fingerprint density at radius 3 is 1.32 bits per heavy atom. The fourth-order valence-corrected chi connectivity index (χ4v) is 10.2. The van der Waals surface area contributed by atoms with Gasteiger partial charge in [-0.3, -0.25) is 9.59 Å². The summed E-state index contributed by atoms with van der Waals surface area (Å²) < 4.78 is 0. The summed E-state index contributed by atoms with van der Waals surface area (Å²) in [5.41, 5.74) is 4.40. The van der Waals surface area contributed by atoms with Gasteiger partial charge in [-0.25, -0.2) is 22.4 Å². The Bertz CT molecular complexity index is 2010. The van der Waals surface area contributed by atoms with Crippen LogP contribution in [0.4, 0.5) is 9.59 Å². The van der Waals surface area contributed by atoms with E-state index >= 15 is 0 Å². The number of halogens is 2. The van der Waals surface area contributed by atoms with Gasteiger partial charge >= 0.3 is 64.1 Å². The SMILES string of the molecule is O=C(O)CCC/C=C1/SCC2C1N(Cc1ccccc1)C(=O)N2Cc1ccccc1.O=C1SCC2C1N(Cc1ccccc1)C(=O)N2Cc1ccccc1.[CH2-]CC[CH2-].[Cl-].[Cl-].[Mg+2].[Mg+2]. The zero-order chi connectivity index (χ0) is 40.9. The van der Waals surface area contributed by atoms with Gasteiger partial charge in [-0.05, 0) is 35.1 Å². The first-order chi connectivity index (χ1) is 28.3. The summed E-state index contributed by atoms with van der Waals surface area (Å²) in [5, 5.41) is 9.00. The maximum atomic E-state index is 13.4. The molecule has 62 heavy (non-hydrogen) atoms. The van der Waals surface area contributed by atoms with E-state index in [0.717, 1.165) is 47.3 Å². The van der Waals surface area contributed by atoms with Crippen molar-refractivity contribution < 1.29 is 49.1 Å². The number of rotatable bonds is 13. The van der Waals surface area contributed by atoms with Gasteiger partial charge in [-0.2, -0.15) is 0 Å². The maximum Gasteiger partial charge on any atom is 2.00 e. The van der Waals surface area contributed by atoms with Crippen LogP contribution in [0.1, 0.15) is 54.4 Å². The minimum Gasteiger partial charge on any atom is -1.00 e. The molecule has 4 fully saturated rings. The molecule has 4 heterocycles. The number of carbonyl (C=O) groups excluding carboxylic acids is 3. The number of amides is 4. The number of thioether (sulfide) groups is 2. The molecule has 8 rings (SSSR count). The van der Waals surface area contributed by atoms with Crippen molar-refractivity contribution in [1.29, 1.82) is 0 Å². The van der Waals surface area contributed by atoms with Crippen molar-refractivity contribution >= 4 is 92.8 Å². The Morgan fingerprint density at radius 1 is 0.581 bits per heavy atom. The molecule has 4 aliphatic heterocycles. The summed E-state index contributed by atoms with van der Waals surface area (Å²) in [7, 11) is 0. The van der Waals surface area contributed by atoms with Crippen molar-refractivity contribution in [3.8, 4) is 0 Å². The van der Waals surface area contributed by atoms with E-state index in [4.69, 9.17) is 5.11 Å². The normalized spacial score (nSPS) is 20.0. The predicted octanol–water partition coefficient (Wildman–Crippen LogP) is 2.56. The fraction of sp³-hybridized carbons (Fsp3) is 0.319. The Balaban J connectivity index is 0.000000377.